The number of aromatic amines is 1. The molecule has 5 heteroatoms. The molecule has 15 heavy (non-hydrogen) atoms. The van der Waals surface area contributed by atoms with Crippen molar-refractivity contribution in [3.63, 3.8) is 0 Å². The van der Waals surface area contributed by atoms with Gasteiger partial charge < -0.3 is 10.6 Å². The van der Waals surface area contributed by atoms with Crippen LogP contribution in [0.15, 0.2) is 10.9 Å². The molecule has 82 valence electrons. The summed E-state index contributed by atoms with van der Waals surface area (Å²) < 4.78 is 0. The number of aromatic nitrogens is 2. The number of rotatable bonds is 1. The molecule has 0 radical (unpaired) electrons. The summed E-state index contributed by atoms with van der Waals surface area (Å²) in [6.07, 6.45) is 2.39. The molecule has 2 rings (SSSR count). The minimum atomic E-state index is -0.185. The average Bonchev–Trinajstić information content (AvgIpc) is 2.16. The molecule has 0 spiro atoms. The normalized spacial score (nSPS) is 21.7. The van der Waals surface area contributed by atoms with Crippen LogP contribution in [0.25, 0.3) is 0 Å². The molecule has 1 aromatic heterocycles. The van der Waals surface area contributed by atoms with Gasteiger partial charge in [0.25, 0.3) is 5.56 Å². The predicted molar refractivity (Wildman–Crippen MR) is 59.9 cm³/mol. The molecule has 2 heterocycles. The Balaban J connectivity index is 2.24. The Bertz CT molecular complexity index is 401. The Morgan fingerprint density at radius 1 is 1.67 bits per heavy atom. The average molecular weight is 208 g/mol. The monoisotopic (exact) mass is 208 g/mol. The van der Waals surface area contributed by atoms with Crippen LogP contribution < -0.4 is 16.2 Å². The van der Waals surface area contributed by atoms with Gasteiger partial charge in [-0.1, -0.05) is 6.92 Å². The SMILES string of the molecule is C[C@@H]1CCCN(c2cc(=O)[nH]c(N)n2)C1. The zero-order valence-corrected chi connectivity index (χ0v) is 8.86. The number of piperidine rings is 1. The molecule has 1 aliphatic rings. The van der Waals surface area contributed by atoms with E-state index in [1.165, 1.54) is 12.5 Å². The Hall–Kier alpha value is -1.52. The van der Waals surface area contributed by atoms with Gasteiger partial charge in [0.05, 0.1) is 0 Å². The zero-order valence-electron chi connectivity index (χ0n) is 8.86. The maximum atomic E-state index is 11.2. The Kier molecular flexibility index (Phi) is 2.62. The van der Waals surface area contributed by atoms with Crippen LogP contribution in [-0.2, 0) is 0 Å². The van der Waals surface area contributed by atoms with E-state index in [9.17, 15) is 4.79 Å². The summed E-state index contributed by atoms with van der Waals surface area (Å²) in [6, 6.07) is 1.51. The standard InChI is InChI=1S/C10H16N4O/c1-7-3-2-4-14(6-7)8-5-9(15)13-10(11)12-8/h5,7H,2-4,6H2,1H3,(H3,11,12,13,15)/t7-/m1/s1. The van der Waals surface area contributed by atoms with E-state index >= 15 is 0 Å². The second-order valence-corrected chi connectivity index (χ2v) is 4.18. The van der Waals surface area contributed by atoms with Crippen LogP contribution in [0.5, 0.6) is 0 Å². The van der Waals surface area contributed by atoms with Gasteiger partial charge in [0.1, 0.15) is 5.82 Å². The van der Waals surface area contributed by atoms with E-state index in [1.54, 1.807) is 0 Å². The molecule has 0 unspecified atom stereocenters. The minimum Gasteiger partial charge on any atom is -0.369 e. The first kappa shape index (κ1) is 10.0. The molecule has 1 saturated heterocycles. The summed E-state index contributed by atoms with van der Waals surface area (Å²) >= 11 is 0. The highest BCUT2D eigenvalue weighted by atomic mass is 16.1. The summed E-state index contributed by atoms with van der Waals surface area (Å²) in [7, 11) is 0. The van der Waals surface area contributed by atoms with E-state index in [0.29, 0.717) is 11.7 Å². The van der Waals surface area contributed by atoms with Crippen molar-refractivity contribution in [3.8, 4) is 0 Å². The second-order valence-electron chi connectivity index (χ2n) is 4.18. The third-order valence-corrected chi connectivity index (χ3v) is 2.73. The lowest BCUT2D eigenvalue weighted by atomic mass is 10.0. The van der Waals surface area contributed by atoms with Crippen molar-refractivity contribution in [1.29, 1.82) is 0 Å². The fraction of sp³-hybridized carbons (Fsp3) is 0.600. The van der Waals surface area contributed by atoms with E-state index in [2.05, 4.69) is 21.8 Å². The maximum Gasteiger partial charge on any atom is 0.254 e. The van der Waals surface area contributed by atoms with Crippen molar-refractivity contribution < 1.29 is 0 Å². The van der Waals surface area contributed by atoms with Gasteiger partial charge >= 0.3 is 0 Å². The Labute approximate surface area is 88.3 Å². The summed E-state index contributed by atoms with van der Waals surface area (Å²) in [5.74, 6) is 1.54. The zero-order chi connectivity index (χ0) is 10.8. The van der Waals surface area contributed by atoms with Crippen LogP contribution in [-0.4, -0.2) is 23.1 Å². The van der Waals surface area contributed by atoms with E-state index in [-0.39, 0.29) is 11.5 Å². The van der Waals surface area contributed by atoms with Gasteiger partial charge in [-0.2, -0.15) is 4.98 Å². The molecule has 0 saturated carbocycles. The number of hydrogen-bond donors (Lipinski definition) is 2. The van der Waals surface area contributed by atoms with Crippen LogP contribution in [0.4, 0.5) is 11.8 Å². The first-order valence-electron chi connectivity index (χ1n) is 5.27. The van der Waals surface area contributed by atoms with Crippen molar-refractivity contribution in [2.45, 2.75) is 19.8 Å². The van der Waals surface area contributed by atoms with E-state index < -0.39 is 0 Å². The van der Waals surface area contributed by atoms with E-state index in [0.717, 1.165) is 19.5 Å². The number of nitrogens with two attached hydrogens (primary N) is 1. The van der Waals surface area contributed by atoms with Crippen LogP contribution in [0.1, 0.15) is 19.8 Å². The number of H-pyrrole nitrogens is 1. The fourth-order valence-electron chi connectivity index (χ4n) is 2.02. The van der Waals surface area contributed by atoms with Gasteiger partial charge in [-0.25, -0.2) is 0 Å². The van der Waals surface area contributed by atoms with Crippen molar-refractivity contribution in [1.82, 2.24) is 9.97 Å². The Morgan fingerprint density at radius 2 is 2.47 bits per heavy atom. The number of anilines is 2. The molecule has 1 atom stereocenters. The lowest BCUT2D eigenvalue weighted by Crippen LogP contribution is -2.35. The van der Waals surface area contributed by atoms with Crippen LogP contribution in [0.2, 0.25) is 0 Å². The molecular weight excluding hydrogens is 192 g/mol. The molecule has 5 nitrogen and oxygen atoms in total. The summed E-state index contributed by atoms with van der Waals surface area (Å²) in [5, 5.41) is 0. The van der Waals surface area contributed by atoms with Crippen LogP contribution in [0.3, 0.4) is 0 Å². The highest BCUT2D eigenvalue weighted by Gasteiger charge is 2.17. The Morgan fingerprint density at radius 3 is 3.13 bits per heavy atom. The summed E-state index contributed by atoms with van der Waals surface area (Å²) in [6.45, 7) is 4.12. The summed E-state index contributed by atoms with van der Waals surface area (Å²) in [5.41, 5.74) is 5.32. The molecule has 1 aromatic rings. The molecule has 3 N–H and O–H groups in total. The number of hydrogen-bond acceptors (Lipinski definition) is 4. The highest BCUT2D eigenvalue weighted by Crippen LogP contribution is 2.20. The lowest BCUT2D eigenvalue weighted by molar-refractivity contribution is 0.444. The molecule has 1 fully saturated rings. The van der Waals surface area contributed by atoms with Gasteiger partial charge in [-0.05, 0) is 18.8 Å². The lowest BCUT2D eigenvalue weighted by Gasteiger charge is -2.31. The first-order valence-corrected chi connectivity index (χ1v) is 5.27. The van der Waals surface area contributed by atoms with Crippen molar-refractivity contribution in [3.05, 3.63) is 16.4 Å². The quantitative estimate of drug-likeness (QED) is 0.708. The molecule has 0 bridgehead atoms. The molecule has 0 aliphatic carbocycles. The van der Waals surface area contributed by atoms with Gasteiger partial charge in [0.15, 0.2) is 0 Å². The van der Waals surface area contributed by atoms with Gasteiger partial charge in [0.2, 0.25) is 5.95 Å². The van der Waals surface area contributed by atoms with Crippen molar-refractivity contribution in [2.75, 3.05) is 23.7 Å². The largest absolute Gasteiger partial charge is 0.369 e. The number of nitrogen functional groups attached to an aromatic ring is 1. The molecule has 0 amide bonds. The van der Waals surface area contributed by atoms with Crippen LogP contribution in [0, 0.1) is 5.92 Å². The van der Waals surface area contributed by atoms with Crippen molar-refractivity contribution in [2.24, 2.45) is 5.92 Å². The third-order valence-electron chi connectivity index (χ3n) is 2.73. The van der Waals surface area contributed by atoms with E-state index in [4.69, 9.17) is 5.73 Å². The van der Waals surface area contributed by atoms with Crippen molar-refractivity contribution >= 4 is 11.8 Å². The van der Waals surface area contributed by atoms with Gasteiger partial charge in [-0.15, -0.1) is 0 Å². The van der Waals surface area contributed by atoms with Crippen LogP contribution >= 0.6 is 0 Å². The topological polar surface area (TPSA) is 75.0 Å². The van der Waals surface area contributed by atoms with Gasteiger partial charge in [-0.3, -0.25) is 9.78 Å². The molecular formula is C10H16N4O. The fourth-order valence-corrected chi connectivity index (χ4v) is 2.02. The highest BCUT2D eigenvalue weighted by molar-refractivity contribution is 5.41. The molecule has 1 aliphatic heterocycles. The third kappa shape index (κ3) is 2.29. The van der Waals surface area contributed by atoms with E-state index in [1.807, 2.05) is 0 Å². The minimum absolute atomic E-state index is 0.185. The number of nitrogens with one attached hydrogen (secondary N) is 1. The second kappa shape index (κ2) is 3.92. The summed E-state index contributed by atoms with van der Waals surface area (Å²) in [4.78, 5) is 19.9. The predicted octanol–water partition coefficient (Wildman–Crippen LogP) is 0.588. The maximum absolute atomic E-state index is 11.2. The van der Waals surface area contributed by atoms with Gasteiger partial charge in [0, 0.05) is 19.2 Å². The number of nitrogens with zero attached hydrogens (tertiary/aromatic N) is 2. The molecule has 0 aromatic carbocycles. The first-order chi connectivity index (χ1) is 7.15. The smallest absolute Gasteiger partial charge is 0.254 e.